The predicted octanol–water partition coefficient (Wildman–Crippen LogP) is 1.32. The second kappa shape index (κ2) is 6.19. The molecule has 15 heavy (non-hydrogen) atoms. The van der Waals surface area contributed by atoms with Gasteiger partial charge in [0.1, 0.15) is 0 Å². The van der Waals surface area contributed by atoms with Crippen LogP contribution in [0.5, 0.6) is 5.75 Å². The molecule has 0 radical (unpaired) electrons. The van der Waals surface area contributed by atoms with Crippen LogP contribution in [0.3, 0.4) is 0 Å². The van der Waals surface area contributed by atoms with Gasteiger partial charge in [0.2, 0.25) is 5.95 Å². The van der Waals surface area contributed by atoms with Gasteiger partial charge in [-0.05, 0) is 13.8 Å². The van der Waals surface area contributed by atoms with E-state index in [-0.39, 0.29) is 6.10 Å². The molecule has 0 unspecified atom stereocenters. The molecule has 0 spiro atoms. The minimum Gasteiger partial charge on any atom is -0.494 e. The summed E-state index contributed by atoms with van der Waals surface area (Å²) in [6, 6.07) is 0. The molecule has 0 aromatic carbocycles. The lowest BCUT2D eigenvalue weighted by Gasteiger charge is -2.08. The highest BCUT2D eigenvalue weighted by atomic mass is 16.5. The van der Waals surface area contributed by atoms with Crippen molar-refractivity contribution in [2.75, 3.05) is 25.6 Å². The molecule has 5 heteroatoms. The fraction of sp³-hybridized carbons (Fsp3) is 0.600. The fourth-order valence-electron chi connectivity index (χ4n) is 0.970. The first-order valence-electron chi connectivity index (χ1n) is 4.94. The zero-order valence-corrected chi connectivity index (χ0v) is 9.36. The zero-order chi connectivity index (χ0) is 11.1. The van der Waals surface area contributed by atoms with E-state index in [1.54, 1.807) is 19.5 Å². The summed E-state index contributed by atoms with van der Waals surface area (Å²) in [6.45, 7) is 5.35. The molecule has 1 heterocycles. The number of methoxy groups -OCH3 is 1. The normalized spacial score (nSPS) is 10.4. The van der Waals surface area contributed by atoms with Gasteiger partial charge >= 0.3 is 0 Å². The van der Waals surface area contributed by atoms with Crippen LogP contribution in [0.1, 0.15) is 13.8 Å². The quantitative estimate of drug-likeness (QED) is 0.719. The number of anilines is 1. The highest BCUT2D eigenvalue weighted by Gasteiger charge is 1.97. The second-order valence-corrected chi connectivity index (χ2v) is 3.29. The number of nitrogens with zero attached hydrogens (tertiary/aromatic N) is 2. The first kappa shape index (κ1) is 11.7. The molecule has 0 aliphatic rings. The van der Waals surface area contributed by atoms with E-state index in [1.165, 1.54) is 0 Å². The van der Waals surface area contributed by atoms with Crippen LogP contribution in [0.2, 0.25) is 0 Å². The van der Waals surface area contributed by atoms with Crippen molar-refractivity contribution in [3.63, 3.8) is 0 Å². The van der Waals surface area contributed by atoms with Gasteiger partial charge in [0.05, 0.1) is 32.2 Å². The number of hydrogen-bond acceptors (Lipinski definition) is 5. The SMILES string of the molecule is COc1cnc(NCCOC(C)C)nc1. The Balaban J connectivity index is 2.25. The van der Waals surface area contributed by atoms with Crippen molar-refractivity contribution >= 4 is 5.95 Å². The third kappa shape index (κ3) is 4.60. The topological polar surface area (TPSA) is 56.3 Å². The minimum absolute atomic E-state index is 0.253. The van der Waals surface area contributed by atoms with Crippen molar-refractivity contribution < 1.29 is 9.47 Å². The Morgan fingerprint density at radius 1 is 1.33 bits per heavy atom. The van der Waals surface area contributed by atoms with E-state index in [0.717, 1.165) is 0 Å². The Hall–Kier alpha value is -1.36. The van der Waals surface area contributed by atoms with Gasteiger partial charge in [0.15, 0.2) is 5.75 Å². The molecule has 84 valence electrons. The van der Waals surface area contributed by atoms with Crippen LogP contribution in [0, 0.1) is 0 Å². The fourth-order valence-corrected chi connectivity index (χ4v) is 0.970. The summed E-state index contributed by atoms with van der Waals surface area (Å²) >= 11 is 0. The minimum atomic E-state index is 0.253. The second-order valence-electron chi connectivity index (χ2n) is 3.29. The van der Waals surface area contributed by atoms with E-state index in [9.17, 15) is 0 Å². The summed E-state index contributed by atoms with van der Waals surface area (Å²) in [5.41, 5.74) is 0. The first-order valence-corrected chi connectivity index (χ1v) is 4.94. The predicted molar refractivity (Wildman–Crippen MR) is 58.2 cm³/mol. The van der Waals surface area contributed by atoms with E-state index in [1.807, 2.05) is 13.8 Å². The molecule has 1 aromatic rings. The van der Waals surface area contributed by atoms with Crippen LogP contribution in [-0.4, -0.2) is 36.3 Å². The third-order valence-electron chi connectivity index (χ3n) is 1.70. The summed E-state index contributed by atoms with van der Waals surface area (Å²) in [4.78, 5) is 8.13. The van der Waals surface area contributed by atoms with Crippen molar-refractivity contribution in [3.8, 4) is 5.75 Å². The Morgan fingerprint density at radius 3 is 2.53 bits per heavy atom. The van der Waals surface area contributed by atoms with Crippen LogP contribution < -0.4 is 10.1 Å². The standard InChI is InChI=1S/C10H17N3O2/c1-8(2)15-5-4-11-10-12-6-9(14-3)7-13-10/h6-8H,4-5H2,1-3H3,(H,11,12,13). The highest BCUT2D eigenvalue weighted by Crippen LogP contribution is 2.06. The number of ether oxygens (including phenoxy) is 2. The Labute approximate surface area is 89.8 Å². The van der Waals surface area contributed by atoms with Gasteiger partial charge in [0.25, 0.3) is 0 Å². The van der Waals surface area contributed by atoms with E-state index < -0.39 is 0 Å². The number of nitrogens with one attached hydrogen (secondary N) is 1. The van der Waals surface area contributed by atoms with Crippen LogP contribution in [0.25, 0.3) is 0 Å². The van der Waals surface area contributed by atoms with Crippen molar-refractivity contribution in [3.05, 3.63) is 12.4 Å². The van der Waals surface area contributed by atoms with Gasteiger partial charge in [-0.1, -0.05) is 0 Å². The average Bonchev–Trinajstić information content (AvgIpc) is 2.25. The molecule has 1 rings (SSSR count). The van der Waals surface area contributed by atoms with Crippen LogP contribution in [0.4, 0.5) is 5.95 Å². The van der Waals surface area contributed by atoms with Crippen LogP contribution in [-0.2, 0) is 4.74 Å². The molecule has 5 nitrogen and oxygen atoms in total. The van der Waals surface area contributed by atoms with Crippen LogP contribution in [0.15, 0.2) is 12.4 Å². The zero-order valence-electron chi connectivity index (χ0n) is 9.36. The molecule has 1 N–H and O–H groups in total. The average molecular weight is 211 g/mol. The van der Waals surface area contributed by atoms with Crippen molar-refractivity contribution in [1.29, 1.82) is 0 Å². The summed E-state index contributed by atoms with van der Waals surface area (Å²) in [7, 11) is 1.59. The molecule has 1 aromatic heterocycles. The molecule has 0 saturated carbocycles. The van der Waals surface area contributed by atoms with Gasteiger partial charge in [0, 0.05) is 6.54 Å². The van der Waals surface area contributed by atoms with E-state index in [2.05, 4.69) is 15.3 Å². The Kier molecular flexibility index (Phi) is 4.83. The van der Waals surface area contributed by atoms with E-state index in [0.29, 0.717) is 24.8 Å². The Bertz CT molecular complexity index is 275. The van der Waals surface area contributed by atoms with Gasteiger partial charge < -0.3 is 14.8 Å². The molecular weight excluding hydrogens is 194 g/mol. The smallest absolute Gasteiger partial charge is 0.222 e. The maximum atomic E-state index is 5.37. The lowest BCUT2D eigenvalue weighted by Crippen LogP contribution is -2.14. The van der Waals surface area contributed by atoms with Gasteiger partial charge in [-0.15, -0.1) is 0 Å². The van der Waals surface area contributed by atoms with Gasteiger partial charge in [-0.25, -0.2) is 9.97 Å². The maximum Gasteiger partial charge on any atom is 0.222 e. The van der Waals surface area contributed by atoms with Crippen molar-refractivity contribution in [1.82, 2.24) is 9.97 Å². The molecule has 0 atom stereocenters. The number of hydrogen-bond donors (Lipinski definition) is 1. The summed E-state index contributed by atoms with van der Waals surface area (Å²) in [5, 5.41) is 3.05. The lowest BCUT2D eigenvalue weighted by atomic mass is 10.5. The van der Waals surface area contributed by atoms with Crippen molar-refractivity contribution in [2.24, 2.45) is 0 Å². The maximum absolute atomic E-state index is 5.37. The number of rotatable bonds is 6. The molecular formula is C10H17N3O2. The number of aromatic nitrogens is 2. The Morgan fingerprint density at radius 2 is 2.00 bits per heavy atom. The third-order valence-corrected chi connectivity index (χ3v) is 1.70. The summed E-state index contributed by atoms with van der Waals surface area (Å²) in [6.07, 6.45) is 3.50. The summed E-state index contributed by atoms with van der Waals surface area (Å²) < 4.78 is 10.3. The van der Waals surface area contributed by atoms with Gasteiger partial charge in [-0.2, -0.15) is 0 Å². The molecule has 0 aliphatic heterocycles. The largest absolute Gasteiger partial charge is 0.494 e. The van der Waals surface area contributed by atoms with Crippen LogP contribution >= 0.6 is 0 Å². The van der Waals surface area contributed by atoms with Gasteiger partial charge in [-0.3, -0.25) is 0 Å². The highest BCUT2D eigenvalue weighted by molar-refractivity contribution is 5.26. The molecule has 0 amide bonds. The molecule has 0 aliphatic carbocycles. The van der Waals surface area contributed by atoms with Crippen molar-refractivity contribution in [2.45, 2.75) is 20.0 Å². The molecule has 0 fully saturated rings. The molecule has 0 saturated heterocycles. The first-order chi connectivity index (χ1) is 7.22. The lowest BCUT2D eigenvalue weighted by molar-refractivity contribution is 0.0870. The molecule has 0 bridgehead atoms. The monoisotopic (exact) mass is 211 g/mol. The summed E-state index contributed by atoms with van der Waals surface area (Å²) in [5.74, 6) is 1.24. The van der Waals surface area contributed by atoms with E-state index >= 15 is 0 Å². The van der Waals surface area contributed by atoms with E-state index in [4.69, 9.17) is 9.47 Å².